The molecule has 0 saturated carbocycles. The summed E-state index contributed by atoms with van der Waals surface area (Å²) in [7, 11) is 0. The number of pyridine rings is 1. The average Bonchev–Trinajstić information content (AvgIpc) is 2.49. The molecule has 5 nitrogen and oxygen atoms in total. The van der Waals surface area contributed by atoms with Crippen LogP contribution < -0.4 is 5.69 Å². The number of aromatic amines is 1. The van der Waals surface area contributed by atoms with Crippen molar-refractivity contribution in [2.45, 2.75) is 6.92 Å². The summed E-state index contributed by atoms with van der Waals surface area (Å²) in [6.45, 7) is 1.72. The fourth-order valence-corrected chi connectivity index (χ4v) is 1.26. The first-order chi connectivity index (χ1) is 6.68. The van der Waals surface area contributed by atoms with Crippen molar-refractivity contribution in [3.05, 3.63) is 39.7 Å². The molecule has 0 aliphatic carbocycles. The van der Waals surface area contributed by atoms with Crippen molar-refractivity contribution in [3.63, 3.8) is 0 Å². The molecule has 0 atom stereocenters. The van der Waals surface area contributed by atoms with E-state index < -0.39 is 0 Å². The predicted octanol–water partition coefficient (Wildman–Crippen LogP) is 0.917. The van der Waals surface area contributed by atoms with E-state index in [1.54, 1.807) is 19.1 Å². The molecule has 1 N–H and O–H groups in total. The third-order valence-electron chi connectivity index (χ3n) is 1.78. The van der Waals surface area contributed by atoms with Gasteiger partial charge in [-0.2, -0.15) is 5.10 Å². The Hall–Kier alpha value is -1.62. The molecular weight excluding hydrogens is 204 g/mol. The van der Waals surface area contributed by atoms with Gasteiger partial charge in [-0.25, -0.2) is 19.4 Å². The lowest BCUT2D eigenvalue weighted by Gasteiger charge is -2.00. The molecule has 2 heterocycles. The highest BCUT2D eigenvalue weighted by atomic mass is 35.5. The summed E-state index contributed by atoms with van der Waals surface area (Å²) in [6.07, 6.45) is 1.48. The van der Waals surface area contributed by atoms with Gasteiger partial charge in [0.25, 0.3) is 0 Å². The van der Waals surface area contributed by atoms with E-state index in [9.17, 15) is 4.79 Å². The number of halogens is 1. The fourth-order valence-electron chi connectivity index (χ4n) is 1.15. The molecule has 2 aromatic heterocycles. The predicted molar refractivity (Wildman–Crippen MR) is 51.7 cm³/mol. The van der Waals surface area contributed by atoms with E-state index in [0.717, 1.165) is 0 Å². The summed E-state index contributed by atoms with van der Waals surface area (Å²) >= 11 is 5.68. The van der Waals surface area contributed by atoms with Crippen LogP contribution in [0.3, 0.4) is 0 Å². The average molecular weight is 211 g/mol. The zero-order valence-electron chi connectivity index (χ0n) is 7.36. The molecule has 0 saturated heterocycles. The van der Waals surface area contributed by atoms with Gasteiger partial charge in [0.05, 0.1) is 5.02 Å². The van der Waals surface area contributed by atoms with E-state index in [2.05, 4.69) is 15.2 Å². The number of nitrogens with zero attached hydrogens (tertiary/aromatic N) is 3. The summed E-state index contributed by atoms with van der Waals surface area (Å²) in [6, 6.07) is 3.33. The van der Waals surface area contributed by atoms with Crippen LogP contribution in [0.25, 0.3) is 5.82 Å². The maximum absolute atomic E-state index is 11.3. The molecule has 2 rings (SSSR count). The molecule has 0 aliphatic rings. The maximum Gasteiger partial charge on any atom is 0.349 e. The van der Waals surface area contributed by atoms with Crippen molar-refractivity contribution >= 4 is 11.6 Å². The van der Waals surface area contributed by atoms with Crippen molar-refractivity contribution in [1.82, 2.24) is 19.7 Å². The van der Waals surface area contributed by atoms with Gasteiger partial charge in [0.2, 0.25) is 0 Å². The molecule has 0 aliphatic heterocycles. The van der Waals surface area contributed by atoms with E-state index in [0.29, 0.717) is 16.7 Å². The summed E-state index contributed by atoms with van der Waals surface area (Å²) in [5.74, 6) is 1.07. The van der Waals surface area contributed by atoms with Crippen LogP contribution >= 0.6 is 11.6 Å². The zero-order chi connectivity index (χ0) is 10.1. The van der Waals surface area contributed by atoms with Crippen molar-refractivity contribution in [1.29, 1.82) is 0 Å². The monoisotopic (exact) mass is 210 g/mol. The first kappa shape index (κ1) is 8.96. The molecular formula is C8H7ClN4O. The Morgan fingerprint density at radius 1 is 1.50 bits per heavy atom. The Bertz CT molecular complexity index is 499. The van der Waals surface area contributed by atoms with Crippen LogP contribution in [0.2, 0.25) is 5.02 Å². The van der Waals surface area contributed by atoms with Gasteiger partial charge < -0.3 is 0 Å². The molecule has 2 aromatic rings. The summed E-state index contributed by atoms with van der Waals surface area (Å²) in [5, 5.41) is 6.63. The smallest absolute Gasteiger partial charge is 0.246 e. The minimum Gasteiger partial charge on any atom is -0.246 e. The van der Waals surface area contributed by atoms with Crippen LogP contribution in [0.5, 0.6) is 0 Å². The molecule has 72 valence electrons. The van der Waals surface area contributed by atoms with Crippen molar-refractivity contribution < 1.29 is 0 Å². The topological polar surface area (TPSA) is 63.6 Å². The number of aromatic nitrogens is 4. The molecule has 0 spiro atoms. The fraction of sp³-hybridized carbons (Fsp3) is 0.125. The second kappa shape index (κ2) is 3.26. The summed E-state index contributed by atoms with van der Waals surface area (Å²) < 4.78 is 1.37. The van der Waals surface area contributed by atoms with Crippen molar-refractivity contribution in [2.24, 2.45) is 0 Å². The lowest BCUT2D eigenvalue weighted by Crippen LogP contribution is -2.16. The standard InChI is InChI=1S/C8H7ClN4O/c1-5-11-12-8(14)13(5)7-3-2-6(9)4-10-7/h2-4H,1H3,(H,12,14). The van der Waals surface area contributed by atoms with Crippen LogP contribution in [0.4, 0.5) is 0 Å². The minimum atomic E-state index is -0.308. The van der Waals surface area contributed by atoms with Gasteiger partial charge in [0.1, 0.15) is 11.6 Å². The van der Waals surface area contributed by atoms with Crippen molar-refractivity contribution in [3.8, 4) is 5.82 Å². The van der Waals surface area contributed by atoms with E-state index in [-0.39, 0.29) is 5.69 Å². The van der Waals surface area contributed by atoms with E-state index >= 15 is 0 Å². The molecule has 0 radical (unpaired) electrons. The van der Waals surface area contributed by atoms with E-state index in [1.807, 2.05) is 0 Å². The van der Waals surface area contributed by atoms with Crippen molar-refractivity contribution in [2.75, 3.05) is 0 Å². The Morgan fingerprint density at radius 2 is 2.29 bits per heavy atom. The second-order valence-corrected chi connectivity index (χ2v) is 3.18. The zero-order valence-corrected chi connectivity index (χ0v) is 8.12. The third-order valence-corrected chi connectivity index (χ3v) is 2.00. The highest BCUT2D eigenvalue weighted by Crippen LogP contribution is 2.08. The Morgan fingerprint density at radius 3 is 2.79 bits per heavy atom. The maximum atomic E-state index is 11.3. The highest BCUT2D eigenvalue weighted by molar-refractivity contribution is 6.30. The lowest BCUT2D eigenvalue weighted by atomic mass is 10.4. The largest absolute Gasteiger partial charge is 0.349 e. The molecule has 14 heavy (non-hydrogen) atoms. The number of aryl methyl sites for hydroxylation is 1. The summed E-state index contributed by atoms with van der Waals surface area (Å²) in [4.78, 5) is 15.3. The number of nitrogens with one attached hydrogen (secondary N) is 1. The van der Waals surface area contributed by atoms with E-state index in [1.165, 1.54) is 10.8 Å². The first-order valence-electron chi connectivity index (χ1n) is 3.94. The number of rotatable bonds is 1. The Balaban J connectivity index is 2.60. The molecule has 0 amide bonds. The number of hydrogen-bond donors (Lipinski definition) is 1. The van der Waals surface area contributed by atoms with Gasteiger partial charge in [-0.05, 0) is 19.1 Å². The van der Waals surface area contributed by atoms with Gasteiger partial charge in [0.15, 0.2) is 0 Å². The number of hydrogen-bond acceptors (Lipinski definition) is 3. The molecule has 0 bridgehead atoms. The Kier molecular flexibility index (Phi) is 2.09. The van der Waals surface area contributed by atoms with Gasteiger partial charge in [-0.15, -0.1) is 0 Å². The van der Waals surface area contributed by atoms with E-state index in [4.69, 9.17) is 11.6 Å². The van der Waals surface area contributed by atoms with Crippen LogP contribution in [-0.2, 0) is 0 Å². The van der Waals surface area contributed by atoms with Gasteiger partial charge >= 0.3 is 5.69 Å². The Labute approximate surface area is 84.4 Å². The SMILES string of the molecule is Cc1n[nH]c(=O)n1-c1ccc(Cl)cn1. The highest BCUT2D eigenvalue weighted by Gasteiger charge is 2.06. The third kappa shape index (κ3) is 1.42. The summed E-state index contributed by atoms with van der Waals surface area (Å²) in [5.41, 5.74) is -0.308. The van der Waals surface area contributed by atoms with Crippen LogP contribution in [0.1, 0.15) is 5.82 Å². The quantitative estimate of drug-likeness (QED) is 0.761. The number of H-pyrrole nitrogens is 1. The lowest BCUT2D eigenvalue weighted by molar-refractivity contribution is 0.904. The minimum absolute atomic E-state index is 0.308. The second-order valence-electron chi connectivity index (χ2n) is 2.75. The first-order valence-corrected chi connectivity index (χ1v) is 4.32. The molecule has 0 unspecified atom stereocenters. The molecule has 0 fully saturated rings. The molecule has 6 heteroatoms. The normalized spacial score (nSPS) is 10.4. The van der Waals surface area contributed by atoms with Crippen LogP contribution in [0.15, 0.2) is 23.1 Å². The van der Waals surface area contributed by atoms with Gasteiger partial charge in [-0.3, -0.25) is 0 Å². The molecule has 0 aromatic carbocycles. The van der Waals surface area contributed by atoms with Crippen LogP contribution in [-0.4, -0.2) is 19.7 Å². The van der Waals surface area contributed by atoms with Gasteiger partial charge in [0, 0.05) is 6.20 Å². The van der Waals surface area contributed by atoms with Gasteiger partial charge in [-0.1, -0.05) is 11.6 Å². The van der Waals surface area contributed by atoms with Crippen LogP contribution in [0, 0.1) is 6.92 Å².